The molecule has 35 heavy (non-hydrogen) atoms. The van der Waals surface area contributed by atoms with Gasteiger partial charge in [-0.05, 0) is 51.0 Å². The van der Waals surface area contributed by atoms with Crippen LogP contribution < -0.4 is 15.4 Å². The zero-order valence-corrected chi connectivity index (χ0v) is 20.5. The average molecular weight is 518 g/mol. The van der Waals surface area contributed by atoms with E-state index in [0.29, 0.717) is 51.9 Å². The molecule has 1 aliphatic carbocycles. The number of nitrogens with one attached hydrogen (secondary N) is 2. The van der Waals surface area contributed by atoms with Crippen LogP contribution in [0.4, 0.5) is 4.39 Å². The third-order valence-electron chi connectivity index (χ3n) is 5.62. The molecule has 0 radical (unpaired) electrons. The van der Waals surface area contributed by atoms with E-state index in [9.17, 15) is 9.59 Å². The number of pyridine rings is 1. The molecule has 182 valence electrons. The van der Waals surface area contributed by atoms with E-state index >= 15 is 4.39 Å². The van der Waals surface area contributed by atoms with Crippen molar-refractivity contribution in [3.05, 3.63) is 70.0 Å². The second-order valence-corrected chi connectivity index (χ2v) is 8.99. The monoisotopic (exact) mass is 517 g/mol. The summed E-state index contributed by atoms with van der Waals surface area (Å²) in [4.78, 5) is 29.6. The summed E-state index contributed by atoms with van der Waals surface area (Å²) in [6.45, 7) is 3.79. The Labute approximate surface area is 211 Å². The zero-order chi connectivity index (χ0) is 25.2. The van der Waals surface area contributed by atoms with Crippen molar-refractivity contribution < 1.29 is 18.7 Å². The largest absolute Gasteiger partial charge is 0.492 e. The molecule has 1 saturated carbocycles. The minimum atomic E-state index is -1.05. The molecule has 1 atom stereocenters. The maximum atomic E-state index is 15.1. The Morgan fingerprint density at radius 3 is 2.60 bits per heavy atom. The average Bonchev–Trinajstić information content (AvgIpc) is 3.61. The minimum absolute atomic E-state index is 0.0497. The summed E-state index contributed by atoms with van der Waals surface area (Å²) in [6, 6.07) is 5.22. The fraction of sp³-hybridized carbons (Fsp3) is 0.292. The fourth-order valence-electron chi connectivity index (χ4n) is 3.63. The first-order valence-electron chi connectivity index (χ1n) is 10.9. The lowest BCUT2D eigenvalue weighted by atomic mass is 10.0. The summed E-state index contributed by atoms with van der Waals surface area (Å²) in [5, 5.41) is 13.5. The van der Waals surface area contributed by atoms with Gasteiger partial charge >= 0.3 is 0 Å². The van der Waals surface area contributed by atoms with E-state index < -0.39 is 29.2 Å². The molecule has 2 aromatic heterocycles. The Kier molecular flexibility index (Phi) is 7.18. The molecule has 4 rings (SSSR count). The molecular formula is C24H22Cl2FN5O3. The lowest BCUT2D eigenvalue weighted by Crippen LogP contribution is -2.49. The van der Waals surface area contributed by atoms with E-state index in [1.807, 2.05) is 6.92 Å². The summed E-state index contributed by atoms with van der Waals surface area (Å²) in [6.07, 6.45) is 5.12. The fourth-order valence-corrected chi connectivity index (χ4v) is 4.18. The second kappa shape index (κ2) is 10.1. The Bertz CT molecular complexity index is 1270. The SMILES string of the molecule is CCOc1c(Cl)cc(Cl)cc1-c1cnc([C@@H](C)NC(=O)C2(NC(=O)c3ccnnc3)CC2)c(F)c1. The first-order valence-corrected chi connectivity index (χ1v) is 11.7. The second-order valence-electron chi connectivity index (χ2n) is 8.15. The number of aromatic nitrogens is 3. The van der Waals surface area contributed by atoms with Crippen LogP contribution in [0.15, 0.2) is 42.9 Å². The van der Waals surface area contributed by atoms with Crippen LogP contribution in [0, 0.1) is 5.82 Å². The molecule has 2 N–H and O–H groups in total. The maximum Gasteiger partial charge on any atom is 0.253 e. The Hall–Kier alpha value is -3.30. The van der Waals surface area contributed by atoms with E-state index in [1.54, 1.807) is 19.1 Å². The van der Waals surface area contributed by atoms with Crippen LogP contribution in [-0.4, -0.2) is 39.1 Å². The van der Waals surface area contributed by atoms with Gasteiger partial charge in [0.25, 0.3) is 5.91 Å². The molecular weight excluding hydrogens is 496 g/mol. The van der Waals surface area contributed by atoms with Gasteiger partial charge in [0.15, 0.2) is 0 Å². The van der Waals surface area contributed by atoms with Gasteiger partial charge in [0, 0.05) is 22.3 Å². The van der Waals surface area contributed by atoms with Crippen LogP contribution in [-0.2, 0) is 4.79 Å². The van der Waals surface area contributed by atoms with Crippen molar-refractivity contribution in [2.45, 2.75) is 38.3 Å². The van der Waals surface area contributed by atoms with E-state index in [0.717, 1.165) is 0 Å². The van der Waals surface area contributed by atoms with Gasteiger partial charge in [-0.1, -0.05) is 23.2 Å². The molecule has 0 aliphatic heterocycles. The summed E-state index contributed by atoms with van der Waals surface area (Å²) < 4.78 is 20.7. The molecule has 3 aromatic rings. The van der Waals surface area contributed by atoms with Crippen molar-refractivity contribution in [2.24, 2.45) is 0 Å². The topological polar surface area (TPSA) is 106 Å². The van der Waals surface area contributed by atoms with Crippen molar-refractivity contribution in [1.29, 1.82) is 0 Å². The third-order valence-corrected chi connectivity index (χ3v) is 6.12. The quantitative estimate of drug-likeness (QED) is 0.454. The number of carbonyl (C=O) groups is 2. The van der Waals surface area contributed by atoms with Crippen LogP contribution in [0.2, 0.25) is 10.0 Å². The van der Waals surface area contributed by atoms with Crippen molar-refractivity contribution in [3.8, 4) is 16.9 Å². The minimum Gasteiger partial charge on any atom is -0.492 e. The normalized spacial score (nSPS) is 14.7. The van der Waals surface area contributed by atoms with Crippen molar-refractivity contribution in [2.75, 3.05) is 6.61 Å². The molecule has 8 nitrogen and oxygen atoms in total. The molecule has 11 heteroatoms. The number of rotatable bonds is 8. The van der Waals surface area contributed by atoms with Crippen molar-refractivity contribution >= 4 is 35.0 Å². The molecule has 0 spiro atoms. The molecule has 2 amide bonds. The standard InChI is InChI=1S/C24H22Cl2FN5O3/c1-3-35-21-17(9-16(25)10-18(21)26)15-8-19(27)20(28-11-15)13(2)31-23(34)24(5-6-24)32-22(33)14-4-7-29-30-12-14/h4,7-13H,3,5-6H2,1-2H3,(H,31,34)(H,32,33)/t13-/m1/s1. The highest BCUT2D eigenvalue weighted by Crippen LogP contribution is 2.40. The number of benzene rings is 1. The van der Waals surface area contributed by atoms with Crippen LogP contribution in [0.5, 0.6) is 5.75 Å². The van der Waals surface area contributed by atoms with Gasteiger partial charge in [0.1, 0.15) is 17.1 Å². The molecule has 0 bridgehead atoms. The summed E-state index contributed by atoms with van der Waals surface area (Å²) in [5.41, 5.74) is 0.227. The zero-order valence-electron chi connectivity index (χ0n) is 18.9. The van der Waals surface area contributed by atoms with Crippen molar-refractivity contribution in [1.82, 2.24) is 25.8 Å². The Morgan fingerprint density at radius 2 is 1.97 bits per heavy atom. The lowest BCUT2D eigenvalue weighted by Gasteiger charge is -2.21. The molecule has 1 fully saturated rings. The molecule has 2 heterocycles. The smallest absolute Gasteiger partial charge is 0.253 e. The number of hydrogen-bond acceptors (Lipinski definition) is 6. The number of hydrogen-bond donors (Lipinski definition) is 2. The predicted octanol–water partition coefficient (Wildman–Crippen LogP) is 4.52. The summed E-state index contributed by atoms with van der Waals surface area (Å²) in [5.74, 6) is -1.08. The third kappa shape index (κ3) is 5.36. The van der Waals surface area contributed by atoms with E-state index in [2.05, 4.69) is 25.8 Å². The van der Waals surface area contributed by atoms with Gasteiger partial charge in [-0.3, -0.25) is 14.6 Å². The molecule has 1 aliphatic rings. The summed E-state index contributed by atoms with van der Waals surface area (Å²) in [7, 11) is 0. The van der Waals surface area contributed by atoms with Crippen LogP contribution in [0.1, 0.15) is 48.8 Å². The number of nitrogens with zero attached hydrogens (tertiary/aromatic N) is 3. The van der Waals surface area contributed by atoms with Crippen LogP contribution in [0.25, 0.3) is 11.1 Å². The van der Waals surface area contributed by atoms with Crippen LogP contribution in [0.3, 0.4) is 0 Å². The first kappa shape index (κ1) is 24.8. The molecule has 0 saturated heterocycles. The van der Waals surface area contributed by atoms with E-state index in [-0.39, 0.29) is 5.69 Å². The number of amides is 2. The first-order chi connectivity index (χ1) is 16.7. The Balaban J connectivity index is 1.50. The van der Waals surface area contributed by atoms with Crippen LogP contribution >= 0.6 is 23.2 Å². The number of carbonyl (C=O) groups excluding carboxylic acids is 2. The van der Waals surface area contributed by atoms with E-state index in [4.69, 9.17) is 27.9 Å². The Morgan fingerprint density at radius 1 is 1.20 bits per heavy atom. The molecule has 1 aromatic carbocycles. The maximum absolute atomic E-state index is 15.1. The number of ether oxygens (including phenoxy) is 1. The summed E-state index contributed by atoms with van der Waals surface area (Å²) >= 11 is 12.4. The van der Waals surface area contributed by atoms with Gasteiger partial charge in [-0.2, -0.15) is 10.2 Å². The van der Waals surface area contributed by atoms with Gasteiger partial charge in [0.2, 0.25) is 5.91 Å². The highest BCUT2D eigenvalue weighted by molar-refractivity contribution is 6.36. The van der Waals surface area contributed by atoms with Gasteiger partial charge in [0.05, 0.1) is 41.3 Å². The highest BCUT2D eigenvalue weighted by Gasteiger charge is 2.51. The number of halogens is 3. The van der Waals surface area contributed by atoms with Crippen molar-refractivity contribution in [3.63, 3.8) is 0 Å². The van der Waals surface area contributed by atoms with Gasteiger partial charge in [-0.15, -0.1) is 0 Å². The lowest BCUT2D eigenvalue weighted by molar-refractivity contribution is -0.124. The molecule has 0 unspecified atom stereocenters. The van der Waals surface area contributed by atoms with E-state index in [1.165, 1.54) is 30.7 Å². The predicted molar refractivity (Wildman–Crippen MR) is 129 cm³/mol. The highest BCUT2D eigenvalue weighted by atomic mass is 35.5. The van der Waals surface area contributed by atoms with Gasteiger partial charge in [-0.25, -0.2) is 4.39 Å². The van der Waals surface area contributed by atoms with Gasteiger partial charge < -0.3 is 15.4 Å².